The second-order valence-electron chi connectivity index (χ2n) is 7.60. The number of alkyl carbamates (subject to hydrolysis) is 1. The molecule has 0 fully saturated rings. The highest BCUT2D eigenvalue weighted by Crippen LogP contribution is 2.44. The van der Waals surface area contributed by atoms with Crippen LogP contribution in [0.5, 0.6) is 0 Å². The van der Waals surface area contributed by atoms with Crippen molar-refractivity contribution >= 4 is 35.3 Å². The molecule has 34 heavy (non-hydrogen) atoms. The van der Waals surface area contributed by atoms with Crippen molar-refractivity contribution < 1.29 is 24.2 Å². The summed E-state index contributed by atoms with van der Waals surface area (Å²) < 4.78 is 5.44. The molecule has 3 N–H and O–H groups in total. The Morgan fingerprint density at radius 1 is 0.971 bits per heavy atom. The Hall–Kier alpha value is -4.10. The predicted molar refractivity (Wildman–Crippen MR) is 129 cm³/mol. The van der Waals surface area contributed by atoms with E-state index in [9.17, 15) is 14.4 Å². The molecule has 4 rings (SSSR count). The Kier molecular flexibility index (Phi) is 6.94. The number of carbonyl (C=O) groups excluding carboxylic acids is 2. The molecule has 0 unspecified atom stereocenters. The first-order chi connectivity index (χ1) is 16.4. The molecule has 0 heterocycles. The van der Waals surface area contributed by atoms with Gasteiger partial charge in [0.1, 0.15) is 6.61 Å². The lowest BCUT2D eigenvalue weighted by Crippen LogP contribution is -2.26. The van der Waals surface area contributed by atoms with Crippen molar-refractivity contribution in [1.29, 1.82) is 0 Å². The topological polar surface area (TPSA) is 105 Å². The minimum absolute atomic E-state index is 0.000557. The van der Waals surface area contributed by atoms with Crippen molar-refractivity contribution in [2.24, 2.45) is 0 Å². The summed E-state index contributed by atoms with van der Waals surface area (Å²) in [6.45, 7) is 0.273. The van der Waals surface area contributed by atoms with Crippen LogP contribution in [0.3, 0.4) is 0 Å². The van der Waals surface area contributed by atoms with Crippen molar-refractivity contribution in [3.63, 3.8) is 0 Å². The Morgan fingerprint density at radius 3 is 2.26 bits per heavy atom. The summed E-state index contributed by atoms with van der Waals surface area (Å²) in [5, 5.41) is 14.3. The van der Waals surface area contributed by atoms with E-state index in [2.05, 4.69) is 22.8 Å². The van der Waals surface area contributed by atoms with Crippen molar-refractivity contribution in [3.8, 4) is 11.1 Å². The van der Waals surface area contributed by atoms with Crippen LogP contribution in [0.25, 0.3) is 11.1 Å². The molecule has 3 aromatic rings. The summed E-state index contributed by atoms with van der Waals surface area (Å²) in [6.07, 6.45) is 2.07. The van der Waals surface area contributed by atoms with E-state index in [1.165, 1.54) is 30.4 Å². The van der Waals surface area contributed by atoms with E-state index in [1.807, 2.05) is 36.4 Å². The quantitative estimate of drug-likeness (QED) is 0.413. The van der Waals surface area contributed by atoms with Crippen molar-refractivity contribution in [3.05, 3.63) is 101 Å². The molecular weight excluding hydrogens is 456 g/mol. The maximum Gasteiger partial charge on any atom is 0.407 e. The maximum absolute atomic E-state index is 12.2. The molecule has 0 radical (unpaired) electrons. The van der Waals surface area contributed by atoms with E-state index >= 15 is 0 Å². The van der Waals surface area contributed by atoms with Gasteiger partial charge in [-0.25, -0.2) is 9.59 Å². The second kappa shape index (κ2) is 10.2. The summed E-state index contributed by atoms with van der Waals surface area (Å²) in [6, 6.07) is 20.1. The monoisotopic (exact) mass is 476 g/mol. The molecular formula is C26H21ClN2O5. The van der Waals surface area contributed by atoms with Crippen LogP contribution in [0, 0.1) is 0 Å². The zero-order chi connectivity index (χ0) is 24.1. The predicted octanol–water partition coefficient (Wildman–Crippen LogP) is 5.07. The number of anilines is 1. The molecule has 3 aromatic carbocycles. The number of hydrogen-bond donors (Lipinski definition) is 3. The average molecular weight is 477 g/mol. The normalized spacial score (nSPS) is 12.1. The van der Waals surface area contributed by atoms with Gasteiger partial charge < -0.3 is 20.5 Å². The summed E-state index contributed by atoms with van der Waals surface area (Å²) in [4.78, 5) is 35.3. The summed E-state index contributed by atoms with van der Waals surface area (Å²) >= 11 is 5.99. The summed E-state index contributed by atoms with van der Waals surface area (Å²) in [7, 11) is 0. The zero-order valence-corrected chi connectivity index (χ0v) is 18.7. The SMILES string of the molecule is O=C(/C=C/CNC(=O)OCC1c2ccccc2-c2ccccc21)Nc1cc(C(=O)O)ccc1Cl. The molecule has 0 bridgehead atoms. The number of carboxylic acid groups (broad SMARTS) is 1. The van der Waals surface area contributed by atoms with E-state index in [1.54, 1.807) is 0 Å². The van der Waals surface area contributed by atoms with Crippen LogP contribution in [0.1, 0.15) is 27.4 Å². The molecule has 0 saturated heterocycles. The minimum Gasteiger partial charge on any atom is -0.478 e. The highest BCUT2D eigenvalue weighted by atomic mass is 35.5. The Balaban J connectivity index is 1.27. The van der Waals surface area contributed by atoms with E-state index in [-0.39, 0.29) is 35.3 Å². The van der Waals surface area contributed by atoms with Crippen LogP contribution in [-0.4, -0.2) is 36.2 Å². The fraction of sp³-hybridized carbons (Fsp3) is 0.115. The highest BCUT2D eigenvalue weighted by molar-refractivity contribution is 6.34. The van der Waals surface area contributed by atoms with Gasteiger partial charge in [-0.05, 0) is 40.5 Å². The molecule has 7 nitrogen and oxygen atoms in total. The first kappa shape index (κ1) is 23.1. The lowest BCUT2D eigenvalue weighted by atomic mass is 9.98. The molecule has 1 aliphatic carbocycles. The Morgan fingerprint density at radius 2 is 1.62 bits per heavy atom. The van der Waals surface area contributed by atoms with Crippen molar-refractivity contribution in [1.82, 2.24) is 5.32 Å². The smallest absolute Gasteiger partial charge is 0.407 e. The van der Waals surface area contributed by atoms with Gasteiger partial charge in [0.15, 0.2) is 0 Å². The minimum atomic E-state index is -1.13. The van der Waals surface area contributed by atoms with E-state index in [0.717, 1.165) is 22.3 Å². The number of halogens is 1. The van der Waals surface area contributed by atoms with Gasteiger partial charge in [0.25, 0.3) is 0 Å². The Bertz CT molecular complexity index is 1240. The number of rotatable bonds is 7. The highest BCUT2D eigenvalue weighted by Gasteiger charge is 2.28. The number of amides is 2. The van der Waals surface area contributed by atoms with E-state index in [0.29, 0.717) is 0 Å². The van der Waals surface area contributed by atoms with Crippen LogP contribution in [0.4, 0.5) is 10.5 Å². The van der Waals surface area contributed by atoms with Crippen molar-refractivity contribution in [2.45, 2.75) is 5.92 Å². The number of aromatic carboxylic acids is 1. The van der Waals surface area contributed by atoms with E-state index < -0.39 is 18.0 Å². The van der Waals surface area contributed by atoms with Gasteiger partial charge in [-0.15, -0.1) is 0 Å². The lowest BCUT2D eigenvalue weighted by molar-refractivity contribution is -0.111. The second-order valence-corrected chi connectivity index (χ2v) is 8.01. The third-order valence-corrected chi connectivity index (χ3v) is 5.78. The number of benzene rings is 3. The standard InChI is InChI=1S/C26H21ClN2O5/c27-22-12-11-16(25(31)32)14-23(22)29-24(30)10-5-13-28-26(33)34-15-21-19-8-3-1-6-17(19)18-7-2-4-9-20(18)21/h1-12,14,21H,13,15H2,(H,28,33)(H,29,30)(H,31,32)/b10-5+. The van der Waals surface area contributed by atoms with Gasteiger partial charge in [0, 0.05) is 18.5 Å². The van der Waals surface area contributed by atoms with E-state index in [4.69, 9.17) is 21.4 Å². The van der Waals surface area contributed by atoms with Crippen LogP contribution < -0.4 is 10.6 Å². The fourth-order valence-corrected chi connectivity index (χ4v) is 4.05. The number of carbonyl (C=O) groups is 3. The largest absolute Gasteiger partial charge is 0.478 e. The molecule has 0 spiro atoms. The molecule has 0 aromatic heterocycles. The van der Waals surface area contributed by atoms with Crippen LogP contribution in [0.2, 0.25) is 5.02 Å². The Labute approximate surface area is 201 Å². The third-order valence-electron chi connectivity index (χ3n) is 5.45. The zero-order valence-electron chi connectivity index (χ0n) is 18.0. The number of carboxylic acids is 1. The maximum atomic E-state index is 12.2. The molecule has 0 aliphatic heterocycles. The number of fused-ring (bicyclic) bond motifs is 3. The van der Waals surface area contributed by atoms with Crippen LogP contribution in [0.15, 0.2) is 78.9 Å². The van der Waals surface area contributed by atoms with Crippen molar-refractivity contribution in [2.75, 3.05) is 18.5 Å². The van der Waals surface area contributed by atoms with Gasteiger partial charge in [0.2, 0.25) is 5.91 Å². The van der Waals surface area contributed by atoms with Gasteiger partial charge in [0.05, 0.1) is 16.3 Å². The van der Waals surface area contributed by atoms with Crippen LogP contribution >= 0.6 is 11.6 Å². The first-order valence-electron chi connectivity index (χ1n) is 10.5. The summed E-state index contributed by atoms with van der Waals surface area (Å²) in [5.41, 5.74) is 4.73. The molecule has 0 atom stereocenters. The molecule has 2 amide bonds. The van der Waals surface area contributed by atoms with Gasteiger partial charge in [-0.1, -0.05) is 66.2 Å². The van der Waals surface area contributed by atoms with Crippen LogP contribution in [-0.2, 0) is 9.53 Å². The molecule has 0 saturated carbocycles. The fourth-order valence-electron chi connectivity index (χ4n) is 3.89. The molecule has 8 heteroatoms. The van der Waals surface area contributed by atoms with Gasteiger partial charge in [-0.3, -0.25) is 4.79 Å². The van der Waals surface area contributed by atoms with Gasteiger partial charge in [-0.2, -0.15) is 0 Å². The number of nitrogens with one attached hydrogen (secondary N) is 2. The average Bonchev–Trinajstić information content (AvgIpc) is 3.15. The van der Waals surface area contributed by atoms with Gasteiger partial charge >= 0.3 is 12.1 Å². The molecule has 1 aliphatic rings. The lowest BCUT2D eigenvalue weighted by Gasteiger charge is -2.14. The first-order valence-corrected chi connectivity index (χ1v) is 10.9. The summed E-state index contributed by atoms with van der Waals surface area (Å²) in [5.74, 6) is -1.68. The number of hydrogen-bond acceptors (Lipinski definition) is 4. The molecule has 172 valence electrons. The number of ether oxygens (including phenoxy) is 1. The third kappa shape index (κ3) is 5.10.